The fraction of sp³-hybridized carbons (Fsp3) is 0.462. The van der Waals surface area contributed by atoms with E-state index >= 15 is 0 Å². The highest BCUT2D eigenvalue weighted by Crippen LogP contribution is 2.23. The first-order chi connectivity index (χ1) is 9.25. The van der Waals surface area contributed by atoms with Gasteiger partial charge in [0.1, 0.15) is 11.5 Å². The molecule has 6 heteroatoms. The number of likely N-dealkylation sites (tertiary alicyclic amines) is 1. The van der Waals surface area contributed by atoms with E-state index in [1.165, 1.54) is 6.33 Å². The molecule has 2 aromatic rings. The quantitative estimate of drug-likeness (QED) is 0.886. The molecule has 1 amide bonds. The molecule has 0 aliphatic carbocycles. The van der Waals surface area contributed by atoms with Gasteiger partial charge in [0.05, 0.1) is 18.6 Å². The number of piperidine rings is 1. The summed E-state index contributed by atoms with van der Waals surface area (Å²) >= 11 is 0. The minimum Gasteiger partial charge on any atom is -0.341 e. The predicted molar refractivity (Wildman–Crippen MR) is 69.7 cm³/mol. The molecular weight excluding hydrogens is 242 g/mol. The molecule has 0 spiro atoms. The van der Waals surface area contributed by atoms with Crippen molar-refractivity contribution in [2.75, 3.05) is 13.1 Å². The Morgan fingerprint density at radius 2 is 2.42 bits per heavy atom. The van der Waals surface area contributed by atoms with Crippen LogP contribution in [0.15, 0.2) is 24.9 Å². The summed E-state index contributed by atoms with van der Waals surface area (Å²) in [6, 6.07) is 0.322. The molecule has 1 aliphatic heterocycles. The van der Waals surface area contributed by atoms with Gasteiger partial charge in [-0.3, -0.25) is 4.79 Å². The van der Waals surface area contributed by atoms with Gasteiger partial charge in [-0.2, -0.15) is 0 Å². The number of imidazole rings is 2. The first kappa shape index (κ1) is 12.0. The average Bonchev–Trinajstić information content (AvgIpc) is 3.09. The summed E-state index contributed by atoms with van der Waals surface area (Å²) in [5, 5.41) is 0. The molecule has 1 N–H and O–H groups in total. The van der Waals surface area contributed by atoms with E-state index in [1.807, 2.05) is 24.2 Å². The lowest BCUT2D eigenvalue weighted by Gasteiger charge is -2.33. The zero-order valence-corrected chi connectivity index (χ0v) is 10.9. The third-order valence-corrected chi connectivity index (χ3v) is 3.67. The molecule has 0 radical (unpaired) electrons. The molecule has 0 saturated carbocycles. The van der Waals surface area contributed by atoms with Gasteiger partial charge in [-0.15, -0.1) is 0 Å². The van der Waals surface area contributed by atoms with Crippen LogP contribution in [0.25, 0.3) is 0 Å². The Kier molecular flexibility index (Phi) is 3.06. The second-order valence-corrected chi connectivity index (χ2v) is 4.89. The Hall–Kier alpha value is -2.11. The van der Waals surface area contributed by atoms with Crippen LogP contribution in [0.3, 0.4) is 0 Å². The Balaban J connectivity index is 1.75. The summed E-state index contributed by atoms with van der Waals surface area (Å²) in [6.45, 7) is 3.53. The molecule has 0 aromatic carbocycles. The molecule has 6 nitrogen and oxygen atoms in total. The minimum atomic E-state index is 0.0277. The van der Waals surface area contributed by atoms with Crippen molar-refractivity contribution in [3.8, 4) is 0 Å². The number of aromatic nitrogens is 4. The van der Waals surface area contributed by atoms with E-state index in [0.29, 0.717) is 11.7 Å². The molecule has 19 heavy (non-hydrogen) atoms. The summed E-state index contributed by atoms with van der Waals surface area (Å²) in [6.07, 6.45) is 9.02. The Morgan fingerprint density at radius 1 is 1.53 bits per heavy atom. The van der Waals surface area contributed by atoms with Gasteiger partial charge in [0, 0.05) is 25.5 Å². The van der Waals surface area contributed by atoms with Crippen molar-refractivity contribution >= 4 is 5.91 Å². The number of nitrogens with zero attached hydrogens (tertiary/aromatic N) is 4. The van der Waals surface area contributed by atoms with E-state index in [0.717, 1.165) is 31.8 Å². The fourth-order valence-electron chi connectivity index (χ4n) is 2.68. The molecule has 0 bridgehead atoms. The number of hydrogen-bond donors (Lipinski definition) is 1. The van der Waals surface area contributed by atoms with Crippen LogP contribution in [0.2, 0.25) is 0 Å². The lowest BCUT2D eigenvalue weighted by Crippen LogP contribution is -2.41. The maximum Gasteiger partial charge on any atom is 0.271 e. The molecule has 1 saturated heterocycles. The van der Waals surface area contributed by atoms with Gasteiger partial charge < -0.3 is 14.5 Å². The van der Waals surface area contributed by atoms with E-state index in [4.69, 9.17) is 0 Å². The highest BCUT2D eigenvalue weighted by Gasteiger charge is 2.26. The Morgan fingerprint density at radius 3 is 3.11 bits per heavy atom. The van der Waals surface area contributed by atoms with Crippen LogP contribution in [0.5, 0.6) is 0 Å². The SMILES string of the molecule is Cc1nccn1[C@H]1CCCN(C(=O)c2cnc[nH]2)C1. The van der Waals surface area contributed by atoms with Crippen LogP contribution < -0.4 is 0 Å². The van der Waals surface area contributed by atoms with E-state index in [-0.39, 0.29) is 5.91 Å². The van der Waals surface area contributed by atoms with Crippen molar-refractivity contribution in [3.63, 3.8) is 0 Å². The zero-order chi connectivity index (χ0) is 13.2. The lowest BCUT2D eigenvalue weighted by molar-refractivity contribution is 0.0673. The topological polar surface area (TPSA) is 66.8 Å². The first-order valence-corrected chi connectivity index (χ1v) is 6.53. The van der Waals surface area contributed by atoms with Crippen molar-refractivity contribution in [2.45, 2.75) is 25.8 Å². The fourth-order valence-corrected chi connectivity index (χ4v) is 2.68. The third kappa shape index (κ3) is 2.25. The number of amides is 1. The number of carbonyl (C=O) groups is 1. The van der Waals surface area contributed by atoms with Gasteiger partial charge in [0.15, 0.2) is 0 Å². The average molecular weight is 259 g/mol. The number of aromatic amines is 1. The van der Waals surface area contributed by atoms with Crippen molar-refractivity contribution in [1.29, 1.82) is 0 Å². The monoisotopic (exact) mass is 259 g/mol. The van der Waals surface area contributed by atoms with Gasteiger partial charge in [-0.05, 0) is 19.8 Å². The van der Waals surface area contributed by atoms with Crippen LogP contribution >= 0.6 is 0 Å². The van der Waals surface area contributed by atoms with E-state index in [9.17, 15) is 4.79 Å². The number of nitrogens with one attached hydrogen (secondary N) is 1. The predicted octanol–water partition coefficient (Wildman–Crippen LogP) is 1.39. The van der Waals surface area contributed by atoms with E-state index < -0.39 is 0 Å². The van der Waals surface area contributed by atoms with Crippen LogP contribution in [0.4, 0.5) is 0 Å². The summed E-state index contributed by atoms with van der Waals surface area (Å²) in [5.41, 5.74) is 0.558. The second-order valence-electron chi connectivity index (χ2n) is 4.89. The van der Waals surface area contributed by atoms with Crippen molar-refractivity contribution in [3.05, 3.63) is 36.4 Å². The maximum absolute atomic E-state index is 12.3. The molecule has 1 atom stereocenters. The molecule has 0 unspecified atom stereocenters. The zero-order valence-electron chi connectivity index (χ0n) is 10.9. The van der Waals surface area contributed by atoms with Gasteiger partial charge in [0.25, 0.3) is 5.91 Å². The molecule has 100 valence electrons. The van der Waals surface area contributed by atoms with Crippen LogP contribution in [0.1, 0.15) is 35.2 Å². The highest BCUT2D eigenvalue weighted by atomic mass is 16.2. The number of rotatable bonds is 2. The summed E-state index contributed by atoms with van der Waals surface area (Å²) in [7, 11) is 0. The minimum absolute atomic E-state index is 0.0277. The van der Waals surface area contributed by atoms with Gasteiger partial charge >= 0.3 is 0 Å². The summed E-state index contributed by atoms with van der Waals surface area (Å²) in [5.74, 6) is 1.03. The van der Waals surface area contributed by atoms with Crippen molar-refractivity contribution < 1.29 is 4.79 Å². The van der Waals surface area contributed by atoms with E-state index in [1.54, 1.807) is 6.20 Å². The molecule has 1 fully saturated rings. The Labute approximate surface area is 111 Å². The van der Waals surface area contributed by atoms with Crippen LogP contribution in [-0.4, -0.2) is 43.4 Å². The number of H-pyrrole nitrogens is 1. The Bertz CT molecular complexity index is 559. The number of aryl methyl sites for hydroxylation is 1. The van der Waals surface area contributed by atoms with Gasteiger partial charge in [0.2, 0.25) is 0 Å². The smallest absolute Gasteiger partial charge is 0.271 e. The summed E-state index contributed by atoms with van der Waals surface area (Å²) < 4.78 is 2.16. The molecular formula is C13H17N5O. The third-order valence-electron chi connectivity index (χ3n) is 3.67. The van der Waals surface area contributed by atoms with Gasteiger partial charge in [-0.1, -0.05) is 0 Å². The lowest BCUT2D eigenvalue weighted by atomic mass is 10.1. The molecule has 3 rings (SSSR count). The van der Waals surface area contributed by atoms with Crippen LogP contribution in [-0.2, 0) is 0 Å². The number of carbonyl (C=O) groups excluding carboxylic acids is 1. The van der Waals surface area contributed by atoms with Crippen LogP contribution in [0, 0.1) is 6.92 Å². The van der Waals surface area contributed by atoms with E-state index in [2.05, 4.69) is 19.5 Å². The standard InChI is InChI=1S/C13H17N5O/c1-10-15-4-6-18(10)11-3-2-5-17(8-11)13(19)12-7-14-9-16-12/h4,6-7,9,11H,2-3,5,8H2,1H3,(H,14,16)/t11-/m0/s1. The molecule has 3 heterocycles. The van der Waals surface area contributed by atoms with Crippen molar-refractivity contribution in [2.24, 2.45) is 0 Å². The molecule has 1 aliphatic rings. The van der Waals surface area contributed by atoms with Gasteiger partial charge in [-0.25, -0.2) is 9.97 Å². The highest BCUT2D eigenvalue weighted by molar-refractivity contribution is 5.92. The second kappa shape index (κ2) is 4.87. The normalized spacial score (nSPS) is 19.6. The molecule has 2 aromatic heterocycles. The summed E-state index contributed by atoms with van der Waals surface area (Å²) in [4.78, 5) is 25.2. The largest absolute Gasteiger partial charge is 0.341 e. The first-order valence-electron chi connectivity index (χ1n) is 6.53. The maximum atomic E-state index is 12.3. The number of hydrogen-bond acceptors (Lipinski definition) is 3. The van der Waals surface area contributed by atoms with Crippen molar-refractivity contribution in [1.82, 2.24) is 24.4 Å².